The molecule has 0 saturated heterocycles. The Bertz CT molecular complexity index is 1340. The third-order valence-electron chi connectivity index (χ3n) is 4.62. The quantitative estimate of drug-likeness (QED) is 0.540. The normalized spacial score (nSPS) is 12.2. The van der Waals surface area contributed by atoms with Crippen molar-refractivity contribution in [3.05, 3.63) is 81.3 Å². The zero-order chi connectivity index (χ0) is 20.5. The Morgan fingerprint density at radius 2 is 1.90 bits per heavy atom. The van der Waals surface area contributed by atoms with E-state index < -0.39 is 22.0 Å². The van der Waals surface area contributed by atoms with Crippen LogP contribution in [-0.4, -0.2) is 36.7 Å². The lowest BCUT2D eigenvalue weighted by molar-refractivity contribution is 0.414. The number of imidazole rings is 1. The van der Waals surface area contributed by atoms with E-state index in [2.05, 4.69) is 9.97 Å². The lowest BCUT2D eigenvalue weighted by Gasteiger charge is -2.12. The number of nitrogens with one attached hydrogen (secondary N) is 1. The molecule has 0 saturated carbocycles. The summed E-state index contributed by atoms with van der Waals surface area (Å²) in [6, 6.07) is 14.0. The molecule has 4 rings (SSSR count). The van der Waals surface area contributed by atoms with E-state index in [0.29, 0.717) is 16.3 Å². The highest BCUT2D eigenvalue weighted by Crippen LogP contribution is 2.16. The predicted molar refractivity (Wildman–Crippen MR) is 110 cm³/mol. The van der Waals surface area contributed by atoms with Crippen LogP contribution in [0.2, 0.25) is 0 Å². The second-order valence-electron chi connectivity index (χ2n) is 6.41. The second-order valence-corrected chi connectivity index (χ2v) is 7.79. The molecule has 1 atom stereocenters. The molecule has 0 bridgehead atoms. The van der Waals surface area contributed by atoms with Crippen LogP contribution in [0.1, 0.15) is 5.56 Å². The number of benzene rings is 2. The highest BCUT2D eigenvalue weighted by Gasteiger charge is 2.17. The summed E-state index contributed by atoms with van der Waals surface area (Å²) in [6.45, 7) is 0.0933. The average molecular weight is 410 g/mol. The van der Waals surface area contributed by atoms with Gasteiger partial charge in [-0.25, -0.2) is 14.3 Å². The van der Waals surface area contributed by atoms with Crippen LogP contribution in [0.3, 0.4) is 0 Å². The van der Waals surface area contributed by atoms with Crippen molar-refractivity contribution in [3.63, 3.8) is 0 Å². The third kappa shape index (κ3) is 3.40. The number of aromatic nitrogens is 4. The van der Waals surface area contributed by atoms with Crippen LogP contribution in [0, 0.1) is 0 Å². The molecule has 0 aliphatic rings. The smallest absolute Gasteiger partial charge is 0.337 e. The molecule has 0 amide bonds. The molecular weight excluding hydrogens is 392 g/mol. The minimum absolute atomic E-state index is 0.0933. The second kappa shape index (κ2) is 7.51. The van der Waals surface area contributed by atoms with Crippen LogP contribution >= 0.6 is 0 Å². The zero-order valence-electron chi connectivity index (χ0n) is 15.8. The Labute approximate surface area is 167 Å². The van der Waals surface area contributed by atoms with E-state index in [1.54, 1.807) is 61.9 Å². The average Bonchev–Trinajstić information content (AvgIpc) is 3.21. The molecule has 1 N–H and O–H groups in total. The summed E-state index contributed by atoms with van der Waals surface area (Å²) in [5.74, 6) is 0.687. The Hall–Kier alpha value is -3.46. The molecule has 148 valence electrons. The standard InChI is InChI=1S/C20H18N4O4S/c1-28-15-8-6-13(7-9-15)11-23-19(25)17-18(22-12-21-17)24(20(23)26)14-4-3-5-16(10-14)29(2)27/h3-10,12H,11H2,1-2H3,(H,21,22). The highest BCUT2D eigenvalue weighted by atomic mass is 32.2. The van der Waals surface area contributed by atoms with Gasteiger partial charge in [0.05, 0.1) is 25.7 Å². The van der Waals surface area contributed by atoms with Crippen LogP contribution in [0.25, 0.3) is 16.9 Å². The van der Waals surface area contributed by atoms with Crippen LogP contribution in [0.15, 0.2) is 69.3 Å². The van der Waals surface area contributed by atoms with E-state index in [0.717, 1.165) is 10.1 Å². The third-order valence-corrected chi connectivity index (χ3v) is 5.54. The molecule has 9 heteroatoms. The summed E-state index contributed by atoms with van der Waals surface area (Å²) in [5.41, 5.74) is 0.738. The van der Waals surface area contributed by atoms with Crippen LogP contribution in [0.5, 0.6) is 5.75 Å². The van der Waals surface area contributed by atoms with Gasteiger partial charge >= 0.3 is 5.69 Å². The van der Waals surface area contributed by atoms with E-state index in [4.69, 9.17) is 4.74 Å². The lowest BCUT2D eigenvalue weighted by atomic mass is 10.2. The van der Waals surface area contributed by atoms with E-state index in [1.807, 2.05) is 0 Å². The minimum Gasteiger partial charge on any atom is -0.497 e. The first-order valence-corrected chi connectivity index (χ1v) is 10.3. The van der Waals surface area contributed by atoms with Gasteiger partial charge in [-0.2, -0.15) is 0 Å². The molecule has 0 spiro atoms. The van der Waals surface area contributed by atoms with Crippen LogP contribution in [-0.2, 0) is 17.3 Å². The SMILES string of the molecule is COc1ccc(Cn2c(=O)c3[nH]cnc3n(-c3cccc(S(C)=O)c3)c2=O)cc1. The minimum atomic E-state index is -1.21. The molecule has 4 aromatic rings. The molecular formula is C20H18N4O4S. The fourth-order valence-corrected chi connectivity index (χ4v) is 3.69. The number of fused-ring (bicyclic) bond motifs is 1. The maximum atomic E-state index is 13.3. The number of nitrogens with zero attached hydrogens (tertiary/aromatic N) is 3. The van der Waals surface area contributed by atoms with Crippen molar-refractivity contribution in [2.24, 2.45) is 0 Å². The topological polar surface area (TPSA) is 99.0 Å². The van der Waals surface area contributed by atoms with Crippen LogP contribution in [0.4, 0.5) is 0 Å². The first-order valence-electron chi connectivity index (χ1n) is 8.75. The van der Waals surface area contributed by atoms with Gasteiger partial charge in [0.25, 0.3) is 5.56 Å². The van der Waals surface area contributed by atoms with Gasteiger partial charge in [0.2, 0.25) is 0 Å². The Morgan fingerprint density at radius 1 is 1.14 bits per heavy atom. The largest absolute Gasteiger partial charge is 0.497 e. The molecule has 2 aromatic heterocycles. The number of hydrogen-bond donors (Lipinski definition) is 1. The first kappa shape index (κ1) is 18.9. The van der Waals surface area contributed by atoms with Gasteiger partial charge in [0.15, 0.2) is 5.65 Å². The fraction of sp³-hybridized carbons (Fsp3) is 0.150. The summed E-state index contributed by atoms with van der Waals surface area (Å²) < 4.78 is 19.5. The van der Waals surface area contributed by atoms with E-state index >= 15 is 0 Å². The first-order chi connectivity index (χ1) is 14.0. The van der Waals surface area contributed by atoms with E-state index in [-0.39, 0.29) is 17.7 Å². The Morgan fingerprint density at radius 3 is 2.59 bits per heavy atom. The van der Waals surface area contributed by atoms with E-state index in [1.165, 1.54) is 10.9 Å². The maximum absolute atomic E-state index is 13.3. The molecule has 2 heterocycles. The lowest BCUT2D eigenvalue weighted by Crippen LogP contribution is -2.39. The summed E-state index contributed by atoms with van der Waals surface area (Å²) in [7, 11) is 0.359. The van der Waals surface area contributed by atoms with Crippen molar-refractivity contribution in [2.75, 3.05) is 13.4 Å². The molecule has 0 radical (unpaired) electrons. The van der Waals surface area contributed by atoms with Gasteiger partial charge < -0.3 is 9.72 Å². The molecule has 29 heavy (non-hydrogen) atoms. The van der Waals surface area contributed by atoms with Crippen LogP contribution < -0.4 is 16.0 Å². The predicted octanol–water partition coefficient (Wildman–Crippen LogP) is 1.67. The van der Waals surface area contributed by atoms with Gasteiger partial charge in [0, 0.05) is 22.0 Å². The molecule has 8 nitrogen and oxygen atoms in total. The van der Waals surface area contributed by atoms with Crippen molar-refractivity contribution in [3.8, 4) is 11.4 Å². The van der Waals surface area contributed by atoms with Crippen molar-refractivity contribution >= 4 is 22.0 Å². The van der Waals surface area contributed by atoms with Gasteiger partial charge in [0.1, 0.15) is 11.3 Å². The molecule has 0 aliphatic carbocycles. The number of aromatic amines is 1. The Balaban J connectivity index is 1.92. The van der Waals surface area contributed by atoms with Gasteiger partial charge in [-0.15, -0.1) is 0 Å². The number of methoxy groups -OCH3 is 1. The highest BCUT2D eigenvalue weighted by molar-refractivity contribution is 7.84. The summed E-state index contributed by atoms with van der Waals surface area (Å²) >= 11 is 0. The number of hydrogen-bond acceptors (Lipinski definition) is 5. The van der Waals surface area contributed by atoms with Gasteiger partial charge in [-0.1, -0.05) is 18.2 Å². The Kier molecular flexibility index (Phi) is 4.89. The molecule has 1 unspecified atom stereocenters. The summed E-state index contributed by atoms with van der Waals surface area (Å²) in [5, 5.41) is 0. The van der Waals surface area contributed by atoms with Crippen molar-refractivity contribution in [2.45, 2.75) is 11.4 Å². The summed E-state index contributed by atoms with van der Waals surface area (Å²) in [4.78, 5) is 33.7. The number of ether oxygens (including phenoxy) is 1. The van der Waals surface area contributed by atoms with Crippen molar-refractivity contribution in [1.82, 2.24) is 19.1 Å². The van der Waals surface area contributed by atoms with E-state index in [9.17, 15) is 13.8 Å². The van der Waals surface area contributed by atoms with Gasteiger partial charge in [-0.3, -0.25) is 13.6 Å². The van der Waals surface area contributed by atoms with Gasteiger partial charge in [-0.05, 0) is 35.9 Å². The molecule has 0 fully saturated rings. The zero-order valence-corrected chi connectivity index (χ0v) is 16.6. The fourth-order valence-electron chi connectivity index (χ4n) is 3.13. The molecule has 0 aliphatic heterocycles. The van der Waals surface area contributed by atoms with Crippen molar-refractivity contribution in [1.29, 1.82) is 0 Å². The number of H-pyrrole nitrogens is 1. The maximum Gasteiger partial charge on any atom is 0.337 e. The monoisotopic (exact) mass is 410 g/mol. The van der Waals surface area contributed by atoms with Crippen molar-refractivity contribution < 1.29 is 8.95 Å². The molecule has 2 aromatic carbocycles. The number of rotatable bonds is 5. The summed E-state index contributed by atoms with van der Waals surface area (Å²) in [6.07, 6.45) is 2.94.